The fraction of sp³-hybridized carbons (Fsp3) is 0.125. The van der Waals surface area contributed by atoms with Crippen molar-refractivity contribution in [1.29, 1.82) is 0 Å². The molecule has 0 spiro atoms. The third kappa shape index (κ3) is 4.93. The quantitative estimate of drug-likeness (QED) is 0.696. The second-order valence-corrected chi connectivity index (χ2v) is 4.38. The van der Waals surface area contributed by atoms with Crippen LogP contribution in [0.1, 0.15) is 34.3 Å². The molecule has 1 N–H and O–H groups in total. The number of carbonyl (C=O) groups excluding carboxylic acids is 1. The summed E-state index contributed by atoms with van der Waals surface area (Å²) in [5, 5.41) is 9.00. The summed E-state index contributed by atoms with van der Waals surface area (Å²) < 4.78 is 0. The number of carboxylic acids is 1. The van der Waals surface area contributed by atoms with Crippen LogP contribution in [0.2, 0.25) is 0 Å². The molecule has 104 valence electrons. The van der Waals surface area contributed by atoms with E-state index in [1.807, 2.05) is 6.07 Å². The van der Waals surface area contributed by atoms with Gasteiger partial charge in [-0.2, -0.15) is 0 Å². The molecule has 0 heterocycles. The molecule has 2 aromatic rings. The van der Waals surface area contributed by atoms with Crippen molar-refractivity contribution in [3.63, 3.8) is 0 Å². The third-order valence-corrected chi connectivity index (χ3v) is 3.06. The molecule has 2 aromatic carbocycles. The van der Waals surface area contributed by atoms with Gasteiger partial charge in [-0.25, -0.2) is 0 Å². The number of rotatable bonds is 4. The molecule has 4 nitrogen and oxygen atoms in total. The smallest absolute Gasteiger partial charge is 2.00 e. The second-order valence-electron chi connectivity index (χ2n) is 4.38. The first-order valence-electron chi connectivity index (χ1n) is 6.02. The topological polar surface area (TPSA) is 82.9 Å². The second kappa shape index (κ2) is 8.95. The van der Waals surface area contributed by atoms with E-state index in [-0.39, 0.29) is 49.0 Å². The Hall–Kier alpha value is -1.20. The summed E-state index contributed by atoms with van der Waals surface area (Å²) in [6, 6.07) is 15.7. The maximum Gasteiger partial charge on any atom is 2.00 e. The predicted octanol–water partition coefficient (Wildman–Crippen LogP) is 2.61. The molecule has 0 aliphatic heterocycles. The normalized spacial score (nSPS) is 10.7. The number of hydrogen-bond acceptors (Lipinski definition) is 2. The number of carbonyl (C=O) groups is 2. The third-order valence-electron chi connectivity index (χ3n) is 3.06. The van der Waals surface area contributed by atoms with Gasteiger partial charge in [0.2, 0.25) is 0 Å². The molecular weight excluding hydrogens is 296 g/mol. The van der Waals surface area contributed by atoms with Crippen LogP contribution in [0.4, 0.5) is 0 Å². The van der Waals surface area contributed by atoms with Crippen LogP contribution in [-0.4, -0.2) is 54.6 Å². The van der Waals surface area contributed by atoms with Crippen molar-refractivity contribution in [1.82, 2.24) is 0 Å². The maximum atomic E-state index is 12.2. The van der Waals surface area contributed by atoms with Crippen LogP contribution in [0.3, 0.4) is 0 Å². The van der Waals surface area contributed by atoms with Crippen molar-refractivity contribution in [2.45, 2.75) is 12.8 Å². The summed E-state index contributed by atoms with van der Waals surface area (Å²) >= 11 is 0. The minimum absolute atomic E-state index is 0. The van der Waals surface area contributed by atoms with E-state index in [1.54, 1.807) is 55.5 Å². The van der Waals surface area contributed by atoms with Gasteiger partial charge in [-0.15, -0.1) is 0 Å². The summed E-state index contributed by atoms with van der Waals surface area (Å²) in [5.74, 6) is -1.62. The Balaban J connectivity index is 0.00000200. The molecule has 21 heavy (non-hydrogen) atoms. The summed E-state index contributed by atoms with van der Waals surface area (Å²) in [7, 11) is 0. The summed E-state index contributed by atoms with van der Waals surface area (Å²) in [6.07, 6.45) is 0. The van der Waals surface area contributed by atoms with Crippen LogP contribution in [0, 0.1) is 0 Å². The molecule has 0 fully saturated rings. The first-order chi connectivity index (χ1) is 9.09. The van der Waals surface area contributed by atoms with Gasteiger partial charge in [0.25, 0.3) is 0 Å². The molecule has 0 amide bonds. The molecule has 0 aliphatic carbocycles. The van der Waals surface area contributed by atoms with Crippen molar-refractivity contribution in [3.05, 3.63) is 71.3 Å². The van der Waals surface area contributed by atoms with Crippen molar-refractivity contribution in [2.75, 3.05) is 0 Å². The van der Waals surface area contributed by atoms with Crippen LogP contribution in [0.5, 0.6) is 0 Å². The molecule has 0 saturated heterocycles. The van der Waals surface area contributed by atoms with E-state index in [2.05, 4.69) is 0 Å². The average Bonchev–Trinajstić information content (AvgIpc) is 2.46. The van der Waals surface area contributed by atoms with Gasteiger partial charge < -0.3 is 10.6 Å². The van der Waals surface area contributed by atoms with Crippen LogP contribution in [0.25, 0.3) is 0 Å². The summed E-state index contributed by atoms with van der Waals surface area (Å²) in [4.78, 5) is 23.2. The molecule has 0 aromatic heterocycles. The van der Waals surface area contributed by atoms with Crippen LogP contribution in [-0.2, 0) is 10.3 Å². The Morgan fingerprint density at radius 1 is 0.952 bits per heavy atom. The Morgan fingerprint density at radius 3 is 2.10 bits per heavy atom. The van der Waals surface area contributed by atoms with Crippen LogP contribution >= 0.6 is 0 Å². The van der Waals surface area contributed by atoms with E-state index < -0.39 is 11.9 Å². The van der Waals surface area contributed by atoms with E-state index in [4.69, 9.17) is 5.11 Å². The molecule has 2 rings (SSSR count). The number of carboxylic acid groups (broad SMARTS) is 1. The molecular formula is C16H14CaO4. The zero-order valence-electron chi connectivity index (χ0n) is 11.7. The monoisotopic (exact) mass is 310 g/mol. The SMILES string of the molecule is CC(C(=O)O)c1cccc(C(=O)c2ccccc2)c1.[Ca+2].[O-2]. The maximum absolute atomic E-state index is 12.2. The van der Waals surface area contributed by atoms with E-state index in [0.717, 1.165) is 0 Å². The first-order valence-corrected chi connectivity index (χ1v) is 6.02. The van der Waals surface area contributed by atoms with Gasteiger partial charge in [-0.3, -0.25) is 9.59 Å². The van der Waals surface area contributed by atoms with Gasteiger partial charge in [0.1, 0.15) is 0 Å². The van der Waals surface area contributed by atoms with Gasteiger partial charge in [0.05, 0.1) is 5.92 Å². The van der Waals surface area contributed by atoms with Crippen LogP contribution < -0.4 is 0 Å². The van der Waals surface area contributed by atoms with Crippen molar-refractivity contribution in [2.24, 2.45) is 0 Å². The van der Waals surface area contributed by atoms with Crippen molar-refractivity contribution < 1.29 is 20.2 Å². The summed E-state index contributed by atoms with van der Waals surface area (Å²) in [5.41, 5.74) is 1.74. The average molecular weight is 310 g/mol. The fourth-order valence-corrected chi connectivity index (χ4v) is 1.85. The van der Waals surface area contributed by atoms with Gasteiger partial charge in [0.15, 0.2) is 5.78 Å². The van der Waals surface area contributed by atoms with Gasteiger partial charge in [-0.05, 0) is 18.6 Å². The molecule has 0 radical (unpaired) electrons. The molecule has 0 saturated carbocycles. The predicted molar refractivity (Wildman–Crippen MR) is 78.8 cm³/mol. The minimum atomic E-state index is -0.899. The number of benzene rings is 2. The van der Waals surface area contributed by atoms with E-state index in [9.17, 15) is 9.59 Å². The number of ketones is 1. The van der Waals surface area contributed by atoms with E-state index in [0.29, 0.717) is 16.7 Å². The Kier molecular flexibility index (Phi) is 8.44. The zero-order valence-corrected chi connectivity index (χ0v) is 13.9. The zero-order chi connectivity index (χ0) is 13.8. The Morgan fingerprint density at radius 2 is 1.52 bits per heavy atom. The van der Waals surface area contributed by atoms with Crippen molar-refractivity contribution >= 4 is 49.5 Å². The number of hydrogen-bond donors (Lipinski definition) is 1. The van der Waals surface area contributed by atoms with Gasteiger partial charge in [-0.1, -0.05) is 48.5 Å². The molecule has 5 heteroatoms. The largest absolute Gasteiger partial charge is 2.00 e. The molecule has 1 unspecified atom stereocenters. The standard InChI is InChI=1S/C16H14O3.Ca.O/c1-11(16(18)19)13-8-5-9-14(10-13)15(17)12-6-3-2-4-7-12;;/h2-11H,1H3,(H,18,19);;/q;+2;-2. The Labute approximate surface area is 153 Å². The Bertz CT molecular complexity index is 611. The van der Waals surface area contributed by atoms with Gasteiger partial charge in [0, 0.05) is 11.1 Å². The van der Waals surface area contributed by atoms with Crippen LogP contribution in [0.15, 0.2) is 54.6 Å². The number of aliphatic carboxylic acids is 1. The first kappa shape index (κ1) is 19.8. The van der Waals surface area contributed by atoms with Crippen molar-refractivity contribution in [3.8, 4) is 0 Å². The molecule has 0 aliphatic rings. The minimum Gasteiger partial charge on any atom is -2.00 e. The fourth-order valence-electron chi connectivity index (χ4n) is 1.85. The van der Waals surface area contributed by atoms with E-state index in [1.165, 1.54) is 0 Å². The molecule has 1 atom stereocenters. The molecule has 0 bridgehead atoms. The van der Waals surface area contributed by atoms with Gasteiger partial charge >= 0.3 is 43.7 Å². The van der Waals surface area contributed by atoms with E-state index >= 15 is 0 Å². The summed E-state index contributed by atoms with van der Waals surface area (Å²) in [6.45, 7) is 1.61.